The Morgan fingerprint density at radius 2 is 1.90 bits per heavy atom. The van der Waals surface area contributed by atoms with Crippen LogP contribution in [-0.2, 0) is 0 Å². The molecule has 0 saturated heterocycles. The monoisotopic (exact) mass is 275 g/mol. The number of hydrogen-bond acceptors (Lipinski definition) is 2. The van der Waals surface area contributed by atoms with Gasteiger partial charge in [-0.15, -0.1) is 0 Å². The molecule has 0 amide bonds. The molecule has 112 valence electrons. The molecule has 0 aliphatic heterocycles. The average molecular weight is 275 g/mol. The summed E-state index contributed by atoms with van der Waals surface area (Å²) < 4.78 is 6.19. The standard InChI is InChI=1S/C18H29NO/c1-5-17(19)14-6-8-15(9-7-14)20-16-10-13(2)11-18(3,4)12-16/h6-9,13,16-17H,5,10-12,19H2,1-4H3/t13?,16?,17-/m1/s1. The molecule has 0 heterocycles. The summed E-state index contributed by atoms with van der Waals surface area (Å²) in [6, 6.07) is 8.47. The van der Waals surface area contributed by atoms with Gasteiger partial charge >= 0.3 is 0 Å². The van der Waals surface area contributed by atoms with Crippen LogP contribution in [0.4, 0.5) is 0 Å². The molecule has 0 bridgehead atoms. The van der Waals surface area contributed by atoms with E-state index in [1.54, 1.807) is 0 Å². The van der Waals surface area contributed by atoms with E-state index in [-0.39, 0.29) is 6.04 Å². The number of nitrogens with two attached hydrogens (primary N) is 1. The van der Waals surface area contributed by atoms with E-state index in [0.717, 1.165) is 24.5 Å². The van der Waals surface area contributed by atoms with Gasteiger partial charge in [-0.05, 0) is 54.7 Å². The number of benzene rings is 1. The molecule has 2 heteroatoms. The van der Waals surface area contributed by atoms with Crippen LogP contribution in [0.3, 0.4) is 0 Å². The van der Waals surface area contributed by atoms with Gasteiger partial charge in [-0.2, -0.15) is 0 Å². The first-order valence-electron chi connectivity index (χ1n) is 7.92. The number of ether oxygens (including phenoxy) is 1. The first-order valence-corrected chi connectivity index (χ1v) is 7.92. The van der Waals surface area contributed by atoms with Crippen LogP contribution >= 0.6 is 0 Å². The van der Waals surface area contributed by atoms with Crippen LogP contribution in [0.15, 0.2) is 24.3 Å². The number of rotatable bonds is 4. The van der Waals surface area contributed by atoms with E-state index < -0.39 is 0 Å². The predicted octanol–water partition coefficient (Wildman–Crippen LogP) is 4.69. The third-order valence-electron chi connectivity index (χ3n) is 4.40. The maximum absolute atomic E-state index is 6.19. The van der Waals surface area contributed by atoms with Gasteiger partial charge in [0.25, 0.3) is 0 Å². The molecule has 1 aromatic rings. The first kappa shape index (κ1) is 15.4. The fraction of sp³-hybridized carbons (Fsp3) is 0.667. The topological polar surface area (TPSA) is 35.2 Å². The molecule has 2 rings (SSSR count). The van der Waals surface area contributed by atoms with Crippen molar-refractivity contribution in [1.82, 2.24) is 0 Å². The molecule has 1 aliphatic carbocycles. The zero-order valence-electron chi connectivity index (χ0n) is 13.4. The van der Waals surface area contributed by atoms with Crippen molar-refractivity contribution < 1.29 is 4.74 Å². The van der Waals surface area contributed by atoms with Crippen LogP contribution in [0.2, 0.25) is 0 Å². The minimum atomic E-state index is 0.137. The van der Waals surface area contributed by atoms with E-state index in [1.165, 1.54) is 18.4 Å². The molecule has 2 nitrogen and oxygen atoms in total. The molecular formula is C18H29NO. The SMILES string of the molecule is CC[C@@H](N)c1ccc(OC2CC(C)CC(C)(C)C2)cc1. The quantitative estimate of drug-likeness (QED) is 0.865. The van der Waals surface area contributed by atoms with Gasteiger partial charge < -0.3 is 10.5 Å². The van der Waals surface area contributed by atoms with Gasteiger partial charge in [0.1, 0.15) is 5.75 Å². The Hall–Kier alpha value is -1.02. The Kier molecular flexibility index (Phi) is 4.74. The van der Waals surface area contributed by atoms with E-state index in [9.17, 15) is 0 Å². The Bertz CT molecular complexity index is 424. The molecule has 0 spiro atoms. The maximum Gasteiger partial charge on any atom is 0.119 e. The predicted molar refractivity (Wildman–Crippen MR) is 84.9 cm³/mol. The molecule has 3 atom stereocenters. The Morgan fingerprint density at radius 3 is 2.45 bits per heavy atom. The lowest BCUT2D eigenvalue weighted by Crippen LogP contribution is -2.34. The summed E-state index contributed by atoms with van der Waals surface area (Å²) in [5, 5.41) is 0. The zero-order valence-corrected chi connectivity index (χ0v) is 13.4. The summed E-state index contributed by atoms with van der Waals surface area (Å²) in [6.07, 6.45) is 4.93. The molecule has 1 fully saturated rings. The lowest BCUT2D eigenvalue weighted by molar-refractivity contribution is 0.0562. The molecule has 2 N–H and O–H groups in total. The van der Waals surface area contributed by atoms with E-state index >= 15 is 0 Å². The average Bonchev–Trinajstić information content (AvgIpc) is 2.36. The largest absolute Gasteiger partial charge is 0.490 e. The highest BCUT2D eigenvalue weighted by atomic mass is 16.5. The van der Waals surface area contributed by atoms with E-state index in [0.29, 0.717) is 11.5 Å². The summed E-state index contributed by atoms with van der Waals surface area (Å²) in [7, 11) is 0. The van der Waals surface area contributed by atoms with Crippen molar-refractivity contribution in [3.05, 3.63) is 29.8 Å². The second kappa shape index (κ2) is 6.17. The van der Waals surface area contributed by atoms with Gasteiger partial charge in [-0.25, -0.2) is 0 Å². The van der Waals surface area contributed by atoms with Crippen molar-refractivity contribution >= 4 is 0 Å². The zero-order chi connectivity index (χ0) is 14.8. The van der Waals surface area contributed by atoms with E-state index in [4.69, 9.17) is 10.5 Å². The number of hydrogen-bond donors (Lipinski definition) is 1. The molecular weight excluding hydrogens is 246 g/mol. The molecule has 2 unspecified atom stereocenters. The second-order valence-corrected chi connectivity index (χ2v) is 7.24. The third-order valence-corrected chi connectivity index (χ3v) is 4.40. The fourth-order valence-electron chi connectivity index (χ4n) is 3.57. The minimum Gasteiger partial charge on any atom is -0.490 e. The summed E-state index contributed by atoms with van der Waals surface area (Å²) in [5.74, 6) is 1.73. The molecule has 1 aliphatic rings. The normalized spacial score (nSPS) is 27.1. The summed E-state index contributed by atoms with van der Waals surface area (Å²) in [4.78, 5) is 0. The van der Waals surface area contributed by atoms with Crippen molar-refractivity contribution in [2.24, 2.45) is 17.1 Å². The van der Waals surface area contributed by atoms with Crippen LogP contribution in [-0.4, -0.2) is 6.10 Å². The van der Waals surface area contributed by atoms with Crippen LogP contribution in [0.1, 0.15) is 65.0 Å². The smallest absolute Gasteiger partial charge is 0.119 e. The third kappa shape index (κ3) is 3.99. The van der Waals surface area contributed by atoms with Gasteiger partial charge in [0.05, 0.1) is 6.10 Å². The van der Waals surface area contributed by atoms with Crippen LogP contribution < -0.4 is 10.5 Å². The van der Waals surface area contributed by atoms with Crippen molar-refractivity contribution in [2.45, 2.75) is 65.5 Å². The summed E-state index contributed by atoms with van der Waals surface area (Å²) in [5.41, 5.74) is 7.63. The summed E-state index contributed by atoms with van der Waals surface area (Å²) in [6.45, 7) is 9.14. The van der Waals surface area contributed by atoms with Gasteiger partial charge in [-0.3, -0.25) is 0 Å². The lowest BCUT2D eigenvalue weighted by Gasteiger charge is -2.38. The molecule has 0 radical (unpaired) electrons. The van der Waals surface area contributed by atoms with Gasteiger partial charge in [0.15, 0.2) is 0 Å². The van der Waals surface area contributed by atoms with Crippen molar-refractivity contribution in [1.29, 1.82) is 0 Å². The Labute approximate surface area is 123 Å². The highest BCUT2D eigenvalue weighted by molar-refractivity contribution is 5.29. The van der Waals surface area contributed by atoms with Gasteiger partial charge in [0.2, 0.25) is 0 Å². The minimum absolute atomic E-state index is 0.137. The summed E-state index contributed by atoms with van der Waals surface area (Å²) >= 11 is 0. The Balaban J connectivity index is 1.99. The van der Waals surface area contributed by atoms with Crippen LogP contribution in [0, 0.1) is 11.3 Å². The molecule has 20 heavy (non-hydrogen) atoms. The van der Waals surface area contributed by atoms with Crippen molar-refractivity contribution in [2.75, 3.05) is 0 Å². The van der Waals surface area contributed by atoms with Crippen molar-refractivity contribution in [3.63, 3.8) is 0 Å². The van der Waals surface area contributed by atoms with Gasteiger partial charge in [-0.1, -0.05) is 39.8 Å². The maximum atomic E-state index is 6.19. The van der Waals surface area contributed by atoms with E-state index in [2.05, 4.69) is 52.0 Å². The molecule has 1 saturated carbocycles. The molecule has 0 aromatic heterocycles. The first-order chi connectivity index (χ1) is 9.39. The fourth-order valence-corrected chi connectivity index (χ4v) is 3.57. The van der Waals surface area contributed by atoms with E-state index in [1.807, 2.05) is 0 Å². The Morgan fingerprint density at radius 1 is 1.25 bits per heavy atom. The molecule has 1 aromatic carbocycles. The van der Waals surface area contributed by atoms with Gasteiger partial charge in [0, 0.05) is 6.04 Å². The second-order valence-electron chi connectivity index (χ2n) is 7.24. The van der Waals surface area contributed by atoms with Crippen LogP contribution in [0.25, 0.3) is 0 Å². The highest BCUT2D eigenvalue weighted by Gasteiger charge is 2.33. The highest BCUT2D eigenvalue weighted by Crippen LogP contribution is 2.40. The van der Waals surface area contributed by atoms with Crippen molar-refractivity contribution in [3.8, 4) is 5.75 Å². The van der Waals surface area contributed by atoms with Crippen LogP contribution in [0.5, 0.6) is 5.75 Å². The lowest BCUT2D eigenvalue weighted by atomic mass is 9.71.